The average Bonchev–Trinajstić information content (AvgIpc) is 2.46. The molecule has 0 saturated heterocycles. The number of hydrogen-bond acceptors (Lipinski definition) is 3. The summed E-state index contributed by atoms with van der Waals surface area (Å²) >= 11 is 0. The predicted octanol–water partition coefficient (Wildman–Crippen LogP) is 2.63. The van der Waals surface area contributed by atoms with E-state index in [4.69, 9.17) is 0 Å². The number of ether oxygens (including phenoxy) is 1. The highest BCUT2D eigenvalue weighted by atomic mass is 16.5. The summed E-state index contributed by atoms with van der Waals surface area (Å²) in [6.07, 6.45) is 3.84. The zero-order valence-corrected chi connectivity index (χ0v) is 11.5. The van der Waals surface area contributed by atoms with E-state index in [1.54, 1.807) is 24.3 Å². The zero-order chi connectivity index (χ0) is 14.1. The lowest BCUT2D eigenvalue weighted by Gasteiger charge is -2.19. The fourth-order valence-electron chi connectivity index (χ4n) is 1.72. The molecule has 1 N–H and O–H groups in total. The molecule has 19 heavy (non-hydrogen) atoms. The molecule has 1 unspecified atom stereocenters. The topological polar surface area (TPSA) is 46.5 Å². The molecule has 0 amide bonds. The number of rotatable bonds is 5. The molecule has 0 saturated carbocycles. The number of benzene rings is 1. The quantitative estimate of drug-likeness (QED) is 0.503. The lowest BCUT2D eigenvalue weighted by atomic mass is 9.94. The van der Waals surface area contributed by atoms with Crippen molar-refractivity contribution in [1.82, 2.24) is 0 Å². The van der Waals surface area contributed by atoms with Gasteiger partial charge in [0.15, 0.2) is 0 Å². The molecule has 0 bridgehead atoms. The second kappa shape index (κ2) is 7.60. The van der Waals surface area contributed by atoms with Gasteiger partial charge >= 0.3 is 5.97 Å². The van der Waals surface area contributed by atoms with Gasteiger partial charge in [0.2, 0.25) is 5.60 Å². The summed E-state index contributed by atoms with van der Waals surface area (Å²) in [6.45, 7) is 2.11. The number of unbranched alkanes of at least 4 members (excludes halogenated alkanes) is 3. The Kier molecular flexibility index (Phi) is 6.11. The summed E-state index contributed by atoms with van der Waals surface area (Å²) < 4.78 is 4.66. The van der Waals surface area contributed by atoms with Crippen molar-refractivity contribution in [3.63, 3.8) is 0 Å². The molecule has 0 radical (unpaired) electrons. The largest absolute Gasteiger partial charge is 0.466 e. The highest BCUT2D eigenvalue weighted by Crippen LogP contribution is 2.21. The van der Waals surface area contributed by atoms with E-state index in [1.165, 1.54) is 7.11 Å². The standard InChI is InChI=1S/C16H20O3/c1-3-4-5-6-10-13-16(18,15(17)19-2)14-11-8-7-9-12-14/h7-9,11-12,18H,3-6H2,1-2H3. The summed E-state index contributed by atoms with van der Waals surface area (Å²) in [5, 5.41) is 10.5. The van der Waals surface area contributed by atoms with Crippen LogP contribution in [0, 0.1) is 11.8 Å². The zero-order valence-electron chi connectivity index (χ0n) is 11.5. The lowest BCUT2D eigenvalue weighted by Crippen LogP contribution is -2.35. The van der Waals surface area contributed by atoms with Gasteiger partial charge in [0.1, 0.15) is 0 Å². The second-order valence-corrected chi connectivity index (χ2v) is 4.33. The van der Waals surface area contributed by atoms with E-state index in [9.17, 15) is 9.90 Å². The summed E-state index contributed by atoms with van der Waals surface area (Å²) in [4.78, 5) is 11.8. The maximum absolute atomic E-state index is 11.8. The molecule has 0 spiro atoms. The van der Waals surface area contributed by atoms with Crippen LogP contribution in [0.15, 0.2) is 30.3 Å². The highest BCUT2D eigenvalue weighted by Gasteiger charge is 2.37. The minimum atomic E-state index is -1.87. The number of aliphatic hydroxyl groups is 1. The van der Waals surface area contributed by atoms with Gasteiger partial charge in [-0.3, -0.25) is 0 Å². The van der Waals surface area contributed by atoms with Crippen molar-refractivity contribution in [1.29, 1.82) is 0 Å². The van der Waals surface area contributed by atoms with Crippen LogP contribution in [0.5, 0.6) is 0 Å². The number of esters is 1. The van der Waals surface area contributed by atoms with Crippen LogP contribution in [0.2, 0.25) is 0 Å². The summed E-state index contributed by atoms with van der Waals surface area (Å²) in [6, 6.07) is 8.65. The molecule has 1 rings (SSSR count). The molecule has 0 heterocycles. The Bertz CT molecular complexity index is 456. The molecular weight excluding hydrogens is 240 g/mol. The van der Waals surface area contributed by atoms with Crippen LogP contribution in [-0.4, -0.2) is 18.2 Å². The first-order chi connectivity index (χ1) is 9.15. The highest BCUT2D eigenvalue weighted by molar-refractivity contribution is 5.85. The van der Waals surface area contributed by atoms with E-state index in [1.807, 2.05) is 6.07 Å². The molecule has 3 nitrogen and oxygen atoms in total. The van der Waals surface area contributed by atoms with Gasteiger partial charge in [-0.2, -0.15) is 0 Å². The fraction of sp³-hybridized carbons (Fsp3) is 0.438. The number of methoxy groups -OCH3 is 1. The smallest absolute Gasteiger partial charge is 0.355 e. The minimum absolute atomic E-state index is 0.435. The van der Waals surface area contributed by atoms with E-state index < -0.39 is 11.6 Å². The number of hydrogen-bond donors (Lipinski definition) is 1. The maximum Gasteiger partial charge on any atom is 0.355 e. The van der Waals surface area contributed by atoms with Gasteiger partial charge < -0.3 is 9.84 Å². The Morgan fingerprint density at radius 2 is 2.00 bits per heavy atom. The molecule has 1 aromatic carbocycles. The molecule has 0 aliphatic heterocycles. The first-order valence-corrected chi connectivity index (χ1v) is 6.51. The Labute approximate surface area is 114 Å². The molecule has 1 aromatic rings. The van der Waals surface area contributed by atoms with Gasteiger partial charge in [0.05, 0.1) is 7.11 Å². The molecule has 0 aliphatic rings. The monoisotopic (exact) mass is 260 g/mol. The molecular formula is C16H20O3. The van der Waals surface area contributed by atoms with Crippen LogP contribution >= 0.6 is 0 Å². The van der Waals surface area contributed by atoms with E-state index in [0.717, 1.165) is 19.3 Å². The molecule has 102 valence electrons. The van der Waals surface area contributed by atoms with Crippen molar-refractivity contribution in [3.05, 3.63) is 35.9 Å². The van der Waals surface area contributed by atoms with Crippen LogP contribution in [0.25, 0.3) is 0 Å². The molecule has 1 atom stereocenters. The SMILES string of the molecule is CCCCCC#CC(O)(C(=O)OC)c1ccccc1. The van der Waals surface area contributed by atoms with Crippen molar-refractivity contribution in [2.45, 2.75) is 38.2 Å². The van der Waals surface area contributed by atoms with Crippen LogP contribution in [0.3, 0.4) is 0 Å². The van der Waals surface area contributed by atoms with E-state index in [-0.39, 0.29) is 0 Å². The molecule has 3 heteroatoms. The fourth-order valence-corrected chi connectivity index (χ4v) is 1.72. The summed E-state index contributed by atoms with van der Waals surface area (Å²) in [7, 11) is 1.25. The van der Waals surface area contributed by atoms with Crippen molar-refractivity contribution in [2.75, 3.05) is 7.11 Å². The van der Waals surface area contributed by atoms with Gasteiger partial charge in [0.25, 0.3) is 0 Å². The summed E-state index contributed by atoms with van der Waals surface area (Å²) in [5.74, 6) is 4.78. The summed E-state index contributed by atoms with van der Waals surface area (Å²) in [5.41, 5.74) is -1.44. The predicted molar refractivity (Wildman–Crippen MR) is 74.3 cm³/mol. The van der Waals surface area contributed by atoms with Crippen molar-refractivity contribution >= 4 is 5.97 Å². The van der Waals surface area contributed by atoms with Crippen LogP contribution < -0.4 is 0 Å². The van der Waals surface area contributed by atoms with Gasteiger partial charge in [-0.05, 0) is 6.42 Å². The van der Waals surface area contributed by atoms with E-state index in [0.29, 0.717) is 12.0 Å². The Hall–Kier alpha value is -1.79. The molecule has 0 aromatic heterocycles. The second-order valence-electron chi connectivity index (χ2n) is 4.33. The van der Waals surface area contributed by atoms with Crippen LogP contribution in [0.1, 0.15) is 38.2 Å². The van der Waals surface area contributed by atoms with Crippen molar-refractivity contribution in [3.8, 4) is 11.8 Å². The Balaban J connectivity index is 2.92. The van der Waals surface area contributed by atoms with Gasteiger partial charge in [-0.1, -0.05) is 61.9 Å². The number of carbonyl (C=O) groups is 1. The Morgan fingerprint density at radius 1 is 1.32 bits per heavy atom. The van der Waals surface area contributed by atoms with Crippen LogP contribution in [0.4, 0.5) is 0 Å². The molecule has 0 aliphatic carbocycles. The average molecular weight is 260 g/mol. The van der Waals surface area contributed by atoms with Gasteiger partial charge in [-0.25, -0.2) is 4.79 Å². The third-order valence-corrected chi connectivity index (χ3v) is 2.85. The third kappa shape index (κ3) is 4.11. The lowest BCUT2D eigenvalue weighted by molar-refractivity contribution is -0.157. The Morgan fingerprint density at radius 3 is 2.58 bits per heavy atom. The van der Waals surface area contributed by atoms with Crippen LogP contribution in [-0.2, 0) is 15.1 Å². The van der Waals surface area contributed by atoms with Gasteiger partial charge in [-0.15, -0.1) is 0 Å². The molecule has 0 fully saturated rings. The van der Waals surface area contributed by atoms with Crippen molar-refractivity contribution in [2.24, 2.45) is 0 Å². The van der Waals surface area contributed by atoms with E-state index >= 15 is 0 Å². The minimum Gasteiger partial charge on any atom is -0.466 e. The van der Waals surface area contributed by atoms with Gasteiger partial charge in [0, 0.05) is 12.0 Å². The third-order valence-electron chi connectivity index (χ3n) is 2.85. The first kappa shape index (κ1) is 15.3. The normalized spacial score (nSPS) is 13.0. The maximum atomic E-state index is 11.8. The number of carbonyl (C=O) groups excluding carboxylic acids is 1. The van der Waals surface area contributed by atoms with E-state index in [2.05, 4.69) is 23.5 Å². The van der Waals surface area contributed by atoms with Crippen molar-refractivity contribution < 1.29 is 14.6 Å². The first-order valence-electron chi connectivity index (χ1n) is 6.51.